The van der Waals surface area contributed by atoms with Crippen LogP contribution >= 0.6 is 12.4 Å². The molecule has 1 amide bonds. The quantitative estimate of drug-likeness (QED) is 0.708. The van der Waals surface area contributed by atoms with Crippen molar-refractivity contribution in [1.82, 2.24) is 20.4 Å². The average Bonchev–Trinajstić information content (AvgIpc) is 2.74. The number of rotatable bonds is 6. The Morgan fingerprint density at radius 2 is 2.21 bits per heavy atom. The van der Waals surface area contributed by atoms with Crippen LogP contribution in [0.5, 0.6) is 0 Å². The van der Waals surface area contributed by atoms with Crippen molar-refractivity contribution in [2.75, 3.05) is 20.2 Å². The highest BCUT2D eigenvalue weighted by Gasteiger charge is 2.20. The van der Waals surface area contributed by atoms with Gasteiger partial charge in [0.2, 0.25) is 5.91 Å². The van der Waals surface area contributed by atoms with Crippen LogP contribution in [-0.2, 0) is 21.4 Å². The van der Waals surface area contributed by atoms with Crippen LogP contribution in [0.2, 0.25) is 0 Å². The molecule has 2 N–H and O–H groups in total. The van der Waals surface area contributed by atoms with Gasteiger partial charge in [0, 0.05) is 18.8 Å². The molecule has 1 aromatic rings. The van der Waals surface area contributed by atoms with Crippen LogP contribution < -0.4 is 10.6 Å². The van der Waals surface area contributed by atoms with Crippen molar-refractivity contribution in [3.05, 3.63) is 18.0 Å². The van der Waals surface area contributed by atoms with Crippen LogP contribution in [0.15, 0.2) is 12.4 Å². The molecular weight excluding hydrogens is 272 g/mol. The molecule has 0 aliphatic heterocycles. The number of likely N-dealkylation sites (N-methyl/N-ethyl adjacent to an activating group) is 1. The van der Waals surface area contributed by atoms with Gasteiger partial charge in [-0.15, -0.1) is 12.4 Å². The fourth-order valence-corrected chi connectivity index (χ4v) is 1.51. The highest BCUT2D eigenvalue weighted by Crippen LogP contribution is 2.10. The van der Waals surface area contributed by atoms with Gasteiger partial charge in [-0.05, 0) is 14.0 Å². The Morgan fingerprint density at radius 1 is 1.53 bits per heavy atom. The van der Waals surface area contributed by atoms with E-state index in [2.05, 4.69) is 15.7 Å². The van der Waals surface area contributed by atoms with E-state index in [0.717, 1.165) is 5.56 Å². The van der Waals surface area contributed by atoms with E-state index in [-0.39, 0.29) is 24.9 Å². The molecule has 0 saturated carbocycles. The first-order valence-corrected chi connectivity index (χ1v) is 5.67. The second-order valence-electron chi connectivity index (χ2n) is 3.69. The lowest BCUT2D eigenvalue weighted by molar-refractivity contribution is -0.143. The maximum atomic E-state index is 11.9. The largest absolute Gasteiger partial charge is 0.465 e. The molecule has 1 unspecified atom stereocenters. The first-order chi connectivity index (χ1) is 8.58. The minimum absolute atomic E-state index is 0. The average molecular weight is 291 g/mol. The summed E-state index contributed by atoms with van der Waals surface area (Å²) in [6.07, 6.45) is 3.34. The number of aromatic nitrogens is 2. The van der Waals surface area contributed by atoms with Gasteiger partial charge >= 0.3 is 5.97 Å². The van der Waals surface area contributed by atoms with Gasteiger partial charge in [-0.3, -0.25) is 14.3 Å². The fraction of sp³-hybridized carbons (Fsp3) is 0.545. The Bertz CT molecular complexity index is 422. The molecule has 19 heavy (non-hydrogen) atoms. The SMILES string of the molecule is CCOC(=O)CNC(=O)C(NC)c1cnn(C)c1.Cl. The number of nitrogens with one attached hydrogen (secondary N) is 2. The van der Waals surface area contributed by atoms with Crippen molar-refractivity contribution in [3.63, 3.8) is 0 Å². The van der Waals surface area contributed by atoms with E-state index in [0.29, 0.717) is 6.61 Å². The number of aryl methyl sites for hydroxylation is 1. The van der Waals surface area contributed by atoms with E-state index in [1.54, 1.807) is 38.1 Å². The maximum Gasteiger partial charge on any atom is 0.325 e. The number of ether oxygens (including phenoxy) is 1. The number of carbonyl (C=O) groups excluding carboxylic acids is 2. The number of carbonyl (C=O) groups is 2. The zero-order valence-corrected chi connectivity index (χ0v) is 12.0. The summed E-state index contributed by atoms with van der Waals surface area (Å²) < 4.78 is 6.33. The Hall–Kier alpha value is -1.60. The first-order valence-electron chi connectivity index (χ1n) is 5.67. The van der Waals surface area contributed by atoms with E-state index in [9.17, 15) is 9.59 Å². The second kappa shape index (κ2) is 8.49. The van der Waals surface area contributed by atoms with E-state index < -0.39 is 12.0 Å². The van der Waals surface area contributed by atoms with Crippen molar-refractivity contribution in [2.24, 2.45) is 7.05 Å². The Morgan fingerprint density at radius 3 is 2.68 bits per heavy atom. The molecule has 0 aliphatic carbocycles. The van der Waals surface area contributed by atoms with Gasteiger partial charge in [0.1, 0.15) is 12.6 Å². The van der Waals surface area contributed by atoms with Gasteiger partial charge in [0.25, 0.3) is 0 Å². The molecule has 0 aliphatic rings. The molecule has 7 nitrogen and oxygen atoms in total. The van der Waals surface area contributed by atoms with Crippen LogP contribution in [0.4, 0.5) is 0 Å². The van der Waals surface area contributed by atoms with E-state index in [4.69, 9.17) is 4.74 Å². The highest BCUT2D eigenvalue weighted by molar-refractivity contribution is 5.86. The molecule has 0 bridgehead atoms. The smallest absolute Gasteiger partial charge is 0.325 e. The lowest BCUT2D eigenvalue weighted by Crippen LogP contribution is -2.38. The highest BCUT2D eigenvalue weighted by atomic mass is 35.5. The normalized spacial score (nSPS) is 11.3. The number of hydrogen-bond donors (Lipinski definition) is 2. The summed E-state index contributed by atoms with van der Waals surface area (Å²) >= 11 is 0. The predicted molar refractivity (Wildman–Crippen MR) is 71.9 cm³/mol. The topological polar surface area (TPSA) is 85.2 Å². The third-order valence-corrected chi connectivity index (χ3v) is 2.32. The number of amides is 1. The Labute approximate surface area is 118 Å². The van der Waals surface area contributed by atoms with Crippen molar-refractivity contribution in [1.29, 1.82) is 0 Å². The number of esters is 1. The van der Waals surface area contributed by atoms with Crippen molar-refractivity contribution in [3.8, 4) is 0 Å². The third-order valence-electron chi connectivity index (χ3n) is 2.32. The van der Waals surface area contributed by atoms with Gasteiger partial charge in [-0.25, -0.2) is 0 Å². The summed E-state index contributed by atoms with van der Waals surface area (Å²) in [5.41, 5.74) is 0.737. The molecule has 0 saturated heterocycles. The van der Waals surface area contributed by atoms with Gasteiger partial charge in [0.05, 0.1) is 12.8 Å². The Balaban J connectivity index is 0.00000324. The minimum atomic E-state index is -0.534. The zero-order chi connectivity index (χ0) is 13.5. The van der Waals surface area contributed by atoms with E-state index in [1.807, 2.05) is 0 Å². The molecular formula is C11H19ClN4O3. The molecule has 108 valence electrons. The summed E-state index contributed by atoms with van der Waals surface area (Å²) in [6, 6.07) is -0.534. The van der Waals surface area contributed by atoms with Gasteiger partial charge in [0.15, 0.2) is 0 Å². The minimum Gasteiger partial charge on any atom is -0.465 e. The summed E-state index contributed by atoms with van der Waals surface area (Å²) in [5, 5.41) is 9.38. The van der Waals surface area contributed by atoms with Gasteiger partial charge < -0.3 is 15.4 Å². The van der Waals surface area contributed by atoms with Gasteiger partial charge in [-0.2, -0.15) is 5.10 Å². The summed E-state index contributed by atoms with van der Waals surface area (Å²) in [5.74, 6) is -0.745. The number of hydrogen-bond acceptors (Lipinski definition) is 5. The first kappa shape index (κ1) is 17.4. The summed E-state index contributed by atoms with van der Waals surface area (Å²) in [6.45, 7) is 1.88. The van der Waals surface area contributed by atoms with Crippen LogP contribution in [0.25, 0.3) is 0 Å². The van der Waals surface area contributed by atoms with Crippen molar-refractivity contribution in [2.45, 2.75) is 13.0 Å². The Kier molecular flexibility index (Phi) is 7.78. The standard InChI is InChI=1S/C11H18N4O3.ClH/c1-4-18-9(16)6-13-11(17)10(12-2)8-5-14-15(3)7-8;/h5,7,10,12H,4,6H2,1-3H3,(H,13,17);1H. The summed E-state index contributed by atoms with van der Waals surface area (Å²) in [7, 11) is 3.44. The van der Waals surface area contributed by atoms with Crippen molar-refractivity contribution < 1.29 is 14.3 Å². The number of nitrogens with zero attached hydrogens (tertiary/aromatic N) is 2. The molecule has 0 fully saturated rings. The molecule has 1 atom stereocenters. The zero-order valence-electron chi connectivity index (χ0n) is 11.2. The van der Waals surface area contributed by atoms with Gasteiger partial charge in [-0.1, -0.05) is 0 Å². The fourth-order valence-electron chi connectivity index (χ4n) is 1.51. The third kappa shape index (κ3) is 5.27. The van der Waals surface area contributed by atoms with Crippen LogP contribution in [0.3, 0.4) is 0 Å². The molecule has 0 aromatic carbocycles. The van der Waals surface area contributed by atoms with Crippen LogP contribution in [0.1, 0.15) is 18.5 Å². The lowest BCUT2D eigenvalue weighted by atomic mass is 10.1. The monoisotopic (exact) mass is 290 g/mol. The maximum absolute atomic E-state index is 11.9. The second-order valence-corrected chi connectivity index (χ2v) is 3.69. The van der Waals surface area contributed by atoms with Crippen LogP contribution in [0, 0.1) is 0 Å². The molecule has 1 rings (SSSR count). The molecule has 1 heterocycles. The summed E-state index contributed by atoms with van der Waals surface area (Å²) in [4.78, 5) is 23.0. The van der Waals surface area contributed by atoms with E-state index in [1.165, 1.54) is 0 Å². The number of halogens is 1. The lowest BCUT2D eigenvalue weighted by Gasteiger charge is -2.13. The molecule has 0 spiro atoms. The van der Waals surface area contributed by atoms with Crippen LogP contribution in [-0.4, -0.2) is 41.9 Å². The molecule has 1 aromatic heterocycles. The predicted octanol–water partition coefficient (Wildman–Crippen LogP) is -0.218. The molecule has 8 heteroatoms. The van der Waals surface area contributed by atoms with Crippen molar-refractivity contribution >= 4 is 24.3 Å². The van der Waals surface area contributed by atoms with E-state index >= 15 is 0 Å². The molecule has 0 radical (unpaired) electrons.